The number of likely N-dealkylation sites (tertiary alicyclic amines) is 1. The van der Waals surface area contributed by atoms with Gasteiger partial charge >= 0.3 is 0 Å². The minimum absolute atomic E-state index is 0.125. The van der Waals surface area contributed by atoms with Crippen molar-refractivity contribution >= 4 is 5.91 Å². The van der Waals surface area contributed by atoms with Gasteiger partial charge in [0.1, 0.15) is 5.76 Å². The summed E-state index contributed by atoms with van der Waals surface area (Å²) in [5.74, 6) is 0.810. The molecule has 1 saturated heterocycles. The number of piperidine rings is 1. The summed E-state index contributed by atoms with van der Waals surface area (Å²) in [7, 11) is 0. The van der Waals surface area contributed by atoms with Gasteiger partial charge in [-0.05, 0) is 31.9 Å². The quantitative estimate of drug-likeness (QED) is 0.795. The van der Waals surface area contributed by atoms with E-state index < -0.39 is 5.60 Å². The molecule has 2 heterocycles. The highest BCUT2D eigenvalue weighted by Crippen LogP contribution is 2.22. The van der Waals surface area contributed by atoms with Crippen molar-refractivity contribution in [2.24, 2.45) is 5.73 Å². The summed E-state index contributed by atoms with van der Waals surface area (Å²) in [6, 6.07) is 3.37. The average molecular weight is 238 g/mol. The molecule has 3 N–H and O–H groups in total. The highest BCUT2D eigenvalue weighted by molar-refractivity contribution is 5.91. The van der Waals surface area contributed by atoms with E-state index in [0.717, 1.165) is 0 Å². The van der Waals surface area contributed by atoms with Crippen molar-refractivity contribution in [3.05, 3.63) is 23.7 Å². The van der Waals surface area contributed by atoms with Gasteiger partial charge in [-0.25, -0.2) is 0 Å². The van der Waals surface area contributed by atoms with Crippen LogP contribution in [0.5, 0.6) is 0 Å². The molecule has 0 radical (unpaired) electrons. The maximum atomic E-state index is 12.0. The Kier molecular flexibility index (Phi) is 3.22. The Morgan fingerprint density at radius 3 is 2.71 bits per heavy atom. The van der Waals surface area contributed by atoms with E-state index in [1.54, 1.807) is 24.0 Å². The number of furan rings is 1. The van der Waals surface area contributed by atoms with Gasteiger partial charge in [0.25, 0.3) is 5.91 Å². The summed E-state index contributed by atoms with van der Waals surface area (Å²) in [5, 5.41) is 9.81. The summed E-state index contributed by atoms with van der Waals surface area (Å²) in [5.41, 5.74) is 4.78. The summed E-state index contributed by atoms with van der Waals surface area (Å²) < 4.78 is 5.32. The summed E-state index contributed by atoms with van der Waals surface area (Å²) in [6.07, 6.45) is 1.20. The smallest absolute Gasteiger partial charge is 0.289 e. The lowest BCUT2D eigenvalue weighted by molar-refractivity contribution is -0.00292. The predicted octanol–water partition coefficient (Wildman–Crippen LogP) is 0.725. The molecule has 2 rings (SSSR count). The Labute approximate surface area is 100 Å². The van der Waals surface area contributed by atoms with Crippen molar-refractivity contribution in [2.45, 2.75) is 31.9 Å². The number of aliphatic hydroxyl groups is 1. The van der Waals surface area contributed by atoms with E-state index in [-0.39, 0.29) is 5.91 Å². The van der Waals surface area contributed by atoms with Gasteiger partial charge in [0, 0.05) is 13.1 Å². The summed E-state index contributed by atoms with van der Waals surface area (Å²) in [6.45, 7) is 3.21. The van der Waals surface area contributed by atoms with Crippen LogP contribution in [-0.2, 0) is 6.54 Å². The van der Waals surface area contributed by atoms with Crippen LogP contribution < -0.4 is 5.73 Å². The normalized spacial score (nSPS) is 19.4. The van der Waals surface area contributed by atoms with Crippen LogP contribution in [0.3, 0.4) is 0 Å². The molecule has 5 heteroatoms. The summed E-state index contributed by atoms with van der Waals surface area (Å²) in [4.78, 5) is 13.8. The van der Waals surface area contributed by atoms with Crippen LogP contribution in [-0.4, -0.2) is 34.6 Å². The Morgan fingerprint density at radius 2 is 2.18 bits per heavy atom. The minimum Gasteiger partial charge on any atom is -0.455 e. The van der Waals surface area contributed by atoms with Crippen LogP contribution in [0, 0.1) is 0 Å². The fraction of sp³-hybridized carbons (Fsp3) is 0.583. The zero-order valence-electron chi connectivity index (χ0n) is 9.98. The maximum Gasteiger partial charge on any atom is 0.289 e. The Bertz CT molecular complexity index is 402. The van der Waals surface area contributed by atoms with Gasteiger partial charge in [-0.2, -0.15) is 0 Å². The molecule has 1 aliphatic heterocycles. The van der Waals surface area contributed by atoms with Crippen LogP contribution in [0.2, 0.25) is 0 Å². The summed E-state index contributed by atoms with van der Waals surface area (Å²) >= 11 is 0. The van der Waals surface area contributed by atoms with Gasteiger partial charge in [0.05, 0.1) is 12.1 Å². The van der Waals surface area contributed by atoms with E-state index in [9.17, 15) is 9.90 Å². The third-order valence-electron chi connectivity index (χ3n) is 3.20. The number of amides is 1. The zero-order chi connectivity index (χ0) is 12.5. The monoisotopic (exact) mass is 238 g/mol. The standard InChI is InChI=1S/C12H18N2O3/c1-12(16)4-6-14(7-5-12)11(15)10-3-2-9(8-13)17-10/h2-3,16H,4-8,13H2,1H3. The first-order valence-corrected chi connectivity index (χ1v) is 5.82. The van der Waals surface area contributed by atoms with Crippen molar-refractivity contribution in [3.8, 4) is 0 Å². The lowest BCUT2D eigenvalue weighted by Gasteiger charge is -2.35. The predicted molar refractivity (Wildman–Crippen MR) is 62.4 cm³/mol. The number of carbonyl (C=O) groups excluding carboxylic acids is 1. The minimum atomic E-state index is -0.650. The van der Waals surface area contributed by atoms with E-state index in [1.807, 2.05) is 0 Å². The van der Waals surface area contributed by atoms with Crippen LogP contribution in [0.4, 0.5) is 0 Å². The molecule has 94 valence electrons. The molecule has 0 atom stereocenters. The Balaban J connectivity index is 2.01. The molecule has 1 fully saturated rings. The third-order valence-corrected chi connectivity index (χ3v) is 3.20. The van der Waals surface area contributed by atoms with Crippen molar-refractivity contribution in [2.75, 3.05) is 13.1 Å². The highest BCUT2D eigenvalue weighted by atomic mass is 16.4. The highest BCUT2D eigenvalue weighted by Gasteiger charge is 2.30. The number of rotatable bonds is 2. The van der Waals surface area contributed by atoms with Crippen molar-refractivity contribution in [1.29, 1.82) is 0 Å². The van der Waals surface area contributed by atoms with Crippen molar-refractivity contribution in [3.63, 3.8) is 0 Å². The molecule has 0 aliphatic carbocycles. The van der Waals surface area contributed by atoms with E-state index >= 15 is 0 Å². The van der Waals surface area contributed by atoms with Crippen LogP contribution >= 0.6 is 0 Å². The molecule has 5 nitrogen and oxygen atoms in total. The molecular formula is C12H18N2O3. The van der Waals surface area contributed by atoms with E-state index in [1.165, 1.54) is 0 Å². The van der Waals surface area contributed by atoms with Gasteiger partial charge in [0.2, 0.25) is 0 Å². The molecule has 17 heavy (non-hydrogen) atoms. The molecule has 0 spiro atoms. The Morgan fingerprint density at radius 1 is 1.53 bits per heavy atom. The molecule has 1 amide bonds. The van der Waals surface area contributed by atoms with E-state index in [2.05, 4.69) is 0 Å². The van der Waals surface area contributed by atoms with Gasteiger partial charge in [0.15, 0.2) is 5.76 Å². The second-order valence-corrected chi connectivity index (χ2v) is 4.76. The number of hydrogen-bond acceptors (Lipinski definition) is 4. The molecule has 0 unspecified atom stereocenters. The lowest BCUT2D eigenvalue weighted by Crippen LogP contribution is -2.45. The Hall–Kier alpha value is -1.33. The maximum absolute atomic E-state index is 12.0. The first-order valence-electron chi connectivity index (χ1n) is 5.82. The third kappa shape index (κ3) is 2.68. The van der Waals surface area contributed by atoms with E-state index in [0.29, 0.717) is 44.0 Å². The van der Waals surface area contributed by atoms with Crippen molar-refractivity contribution < 1.29 is 14.3 Å². The number of hydrogen-bond donors (Lipinski definition) is 2. The second-order valence-electron chi connectivity index (χ2n) is 4.76. The first kappa shape index (κ1) is 12.1. The molecule has 0 aromatic carbocycles. The SMILES string of the molecule is CC1(O)CCN(C(=O)c2ccc(CN)o2)CC1. The average Bonchev–Trinajstić information content (AvgIpc) is 2.76. The van der Waals surface area contributed by atoms with Gasteiger partial charge in [-0.1, -0.05) is 0 Å². The van der Waals surface area contributed by atoms with Crippen molar-refractivity contribution in [1.82, 2.24) is 4.90 Å². The van der Waals surface area contributed by atoms with Gasteiger partial charge < -0.3 is 20.2 Å². The molecular weight excluding hydrogens is 220 g/mol. The first-order chi connectivity index (χ1) is 8.02. The number of nitrogens with zero attached hydrogens (tertiary/aromatic N) is 1. The molecule has 1 aliphatic rings. The molecule has 1 aromatic rings. The lowest BCUT2D eigenvalue weighted by atomic mass is 9.94. The molecule has 0 bridgehead atoms. The fourth-order valence-corrected chi connectivity index (χ4v) is 1.95. The van der Waals surface area contributed by atoms with Crippen LogP contribution in [0.15, 0.2) is 16.5 Å². The molecule has 1 aromatic heterocycles. The van der Waals surface area contributed by atoms with E-state index in [4.69, 9.17) is 10.2 Å². The van der Waals surface area contributed by atoms with Crippen LogP contribution in [0.1, 0.15) is 36.1 Å². The zero-order valence-corrected chi connectivity index (χ0v) is 9.98. The largest absolute Gasteiger partial charge is 0.455 e. The van der Waals surface area contributed by atoms with Gasteiger partial charge in [-0.15, -0.1) is 0 Å². The number of carbonyl (C=O) groups is 1. The fourth-order valence-electron chi connectivity index (χ4n) is 1.95. The van der Waals surface area contributed by atoms with Crippen LogP contribution in [0.25, 0.3) is 0 Å². The van der Waals surface area contributed by atoms with Gasteiger partial charge in [-0.3, -0.25) is 4.79 Å². The topological polar surface area (TPSA) is 79.7 Å². The molecule has 0 saturated carbocycles. The number of nitrogens with two attached hydrogens (primary N) is 1. The second kappa shape index (κ2) is 4.50.